The predicted octanol–water partition coefficient (Wildman–Crippen LogP) is 2.46. The van der Waals surface area contributed by atoms with Gasteiger partial charge in [0.1, 0.15) is 11.5 Å². The Morgan fingerprint density at radius 3 is 2.55 bits per heavy atom. The van der Waals surface area contributed by atoms with Crippen molar-refractivity contribution < 1.29 is 17.9 Å². The van der Waals surface area contributed by atoms with E-state index in [0.717, 1.165) is 30.1 Å². The fraction of sp³-hybridized carbons (Fsp3) is 0.450. The number of sulfonamides is 1. The van der Waals surface area contributed by atoms with E-state index in [1.807, 2.05) is 31.1 Å². The first-order chi connectivity index (χ1) is 14.6. The topological polar surface area (TPSA) is 107 Å². The van der Waals surface area contributed by atoms with Crippen LogP contribution in [-0.2, 0) is 22.3 Å². The summed E-state index contributed by atoms with van der Waals surface area (Å²) >= 11 is 7.51. The molecule has 1 heterocycles. The van der Waals surface area contributed by atoms with Gasteiger partial charge in [-0.1, -0.05) is 23.7 Å². The number of halogens is 1. The van der Waals surface area contributed by atoms with Gasteiger partial charge < -0.3 is 19.7 Å². The minimum atomic E-state index is -3.50. The summed E-state index contributed by atoms with van der Waals surface area (Å²) in [5, 5.41) is 13.8. The number of rotatable bonds is 11. The van der Waals surface area contributed by atoms with Gasteiger partial charge in [-0.15, -0.1) is 0 Å². The Balaban J connectivity index is 1.82. The van der Waals surface area contributed by atoms with Crippen molar-refractivity contribution in [3.63, 3.8) is 0 Å². The van der Waals surface area contributed by atoms with Crippen LogP contribution in [0.15, 0.2) is 45.8 Å². The third kappa shape index (κ3) is 10.4. The zero-order chi connectivity index (χ0) is 22.9. The smallest absolute Gasteiger partial charge is 0.232 e. The fourth-order valence-corrected chi connectivity index (χ4v) is 3.94. The highest BCUT2D eigenvalue weighted by Crippen LogP contribution is 2.17. The zero-order valence-electron chi connectivity index (χ0n) is 17.8. The molecule has 0 aliphatic rings. The fourth-order valence-electron chi connectivity index (χ4n) is 2.58. The molecule has 0 aliphatic carbocycles. The second-order valence-corrected chi connectivity index (χ2v) is 10.5. The molecule has 2 aromatic rings. The largest absolute Gasteiger partial charge is 0.464 e. The Hall–Kier alpha value is -1.72. The van der Waals surface area contributed by atoms with Gasteiger partial charge in [-0.2, -0.15) is 11.8 Å². The predicted molar refractivity (Wildman–Crippen MR) is 127 cm³/mol. The maximum Gasteiger partial charge on any atom is 0.232 e. The van der Waals surface area contributed by atoms with Crippen LogP contribution >= 0.6 is 23.4 Å². The number of furan rings is 1. The molecule has 31 heavy (non-hydrogen) atoms. The molecule has 8 nitrogen and oxygen atoms in total. The number of aliphatic hydroxyl groups excluding tert-OH is 1. The number of hydrogen-bond donors (Lipinski definition) is 3. The molecule has 0 fully saturated rings. The summed E-state index contributed by atoms with van der Waals surface area (Å²) in [4.78, 5) is 6.24. The van der Waals surface area contributed by atoms with Crippen molar-refractivity contribution in [2.24, 2.45) is 4.99 Å². The van der Waals surface area contributed by atoms with Crippen LogP contribution in [0.4, 0.5) is 0 Å². The highest BCUT2D eigenvalue weighted by Gasteiger charge is 2.10. The average molecular weight is 489 g/mol. The Kier molecular flexibility index (Phi) is 10.2. The van der Waals surface area contributed by atoms with Crippen LogP contribution in [0.5, 0.6) is 0 Å². The molecule has 1 unspecified atom stereocenters. The van der Waals surface area contributed by atoms with Crippen LogP contribution in [0.3, 0.4) is 0 Å². The first kappa shape index (κ1) is 25.5. The quantitative estimate of drug-likeness (QED) is 0.253. The van der Waals surface area contributed by atoms with E-state index >= 15 is 0 Å². The Morgan fingerprint density at radius 1 is 1.23 bits per heavy atom. The summed E-state index contributed by atoms with van der Waals surface area (Å²) in [6.45, 7) is 1.25. The van der Waals surface area contributed by atoms with Crippen LogP contribution < -0.4 is 10.0 Å². The maximum absolute atomic E-state index is 11.6. The summed E-state index contributed by atoms with van der Waals surface area (Å²) in [7, 11) is 0.471. The normalized spacial score (nSPS) is 13.4. The lowest BCUT2D eigenvalue weighted by molar-refractivity contribution is 0.187. The third-order valence-corrected chi connectivity index (χ3v) is 5.73. The van der Waals surface area contributed by atoms with E-state index in [1.54, 1.807) is 36.0 Å². The van der Waals surface area contributed by atoms with Gasteiger partial charge in [-0.25, -0.2) is 13.4 Å². The molecule has 1 aromatic heterocycles. The molecular weight excluding hydrogens is 460 g/mol. The van der Waals surface area contributed by atoms with Crippen LogP contribution in [0.1, 0.15) is 23.2 Å². The van der Waals surface area contributed by atoms with Gasteiger partial charge in [0.15, 0.2) is 0 Å². The highest BCUT2D eigenvalue weighted by molar-refractivity contribution is 7.98. The SMILES string of the molecule is CN(C)Cc1ccc(CSCCNC(=NCC(O)c2ccc(Cl)cc2)NS(C)(=O)=O)o1. The molecule has 0 amide bonds. The van der Waals surface area contributed by atoms with Gasteiger partial charge in [-0.05, 0) is 43.9 Å². The van der Waals surface area contributed by atoms with E-state index in [9.17, 15) is 13.5 Å². The molecular formula is C20H29ClN4O4S2. The molecule has 0 spiro atoms. The second-order valence-electron chi connectivity index (χ2n) is 7.22. The first-order valence-electron chi connectivity index (χ1n) is 9.62. The summed E-state index contributed by atoms with van der Waals surface area (Å²) in [6, 6.07) is 10.7. The molecule has 0 saturated carbocycles. The lowest BCUT2D eigenvalue weighted by Gasteiger charge is -2.13. The number of guanidine groups is 1. The molecule has 2 rings (SSSR count). The van der Waals surface area contributed by atoms with E-state index in [2.05, 4.69) is 15.0 Å². The van der Waals surface area contributed by atoms with Crippen LogP contribution in [0.25, 0.3) is 0 Å². The standard InChI is InChI=1S/C20H29ClN4O4S2/c1-25(2)13-17-8-9-18(29-17)14-30-11-10-22-20(24-31(3,27)28)23-12-19(26)15-4-6-16(21)7-5-15/h4-9,19,26H,10-14H2,1-3H3,(H2,22,23,24). The van der Waals surface area contributed by atoms with Crippen molar-refractivity contribution in [1.82, 2.24) is 14.9 Å². The number of aliphatic hydroxyl groups is 1. The van der Waals surface area contributed by atoms with Gasteiger partial charge >= 0.3 is 0 Å². The van der Waals surface area contributed by atoms with Crippen molar-refractivity contribution >= 4 is 39.3 Å². The first-order valence-corrected chi connectivity index (χ1v) is 13.0. The van der Waals surface area contributed by atoms with Crippen LogP contribution in [-0.4, -0.2) is 63.6 Å². The minimum absolute atomic E-state index is 0.000670. The lowest BCUT2D eigenvalue weighted by atomic mass is 10.1. The number of hydrogen-bond acceptors (Lipinski definition) is 7. The van der Waals surface area contributed by atoms with Gasteiger partial charge in [0.25, 0.3) is 0 Å². The number of benzene rings is 1. The van der Waals surface area contributed by atoms with E-state index in [-0.39, 0.29) is 12.5 Å². The van der Waals surface area contributed by atoms with Crippen molar-refractivity contribution in [3.8, 4) is 0 Å². The maximum atomic E-state index is 11.6. The molecule has 0 saturated heterocycles. The van der Waals surface area contributed by atoms with Crippen molar-refractivity contribution in [2.45, 2.75) is 18.4 Å². The van der Waals surface area contributed by atoms with Crippen molar-refractivity contribution in [2.75, 3.05) is 39.2 Å². The zero-order valence-corrected chi connectivity index (χ0v) is 20.2. The van der Waals surface area contributed by atoms with E-state index in [1.165, 1.54) is 0 Å². The molecule has 172 valence electrons. The molecule has 0 bridgehead atoms. The Bertz CT molecular complexity index is 946. The Labute approximate surface area is 193 Å². The van der Waals surface area contributed by atoms with Crippen molar-refractivity contribution in [3.05, 3.63) is 58.5 Å². The summed E-state index contributed by atoms with van der Waals surface area (Å²) < 4.78 is 31.3. The van der Waals surface area contributed by atoms with E-state index in [4.69, 9.17) is 16.0 Å². The third-order valence-electron chi connectivity index (χ3n) is 3.93. The lowest BCUT2D eigenvalue weighted by Crippen LogP contribution is -2.41. The van der Waals surface area contributed by atoms with Crippen LogP contribution in [0, 0.1) is 0 Å². The highest BCUT2D eigenvalue weighted by atomic mass is 35.5. The van der Waals surface area contributed by atoms with Gasteiger partial charge in [0.05, 0.1) is 31.2 Å². The van der Waals surface area contributed by atoms with E-state index < -0.39 is 16.1 Å². The van der Waals surface area contributed by atoms with Gasteiger partial charge in [-0.3, -0.25) is 4.72 Å². The minimum Gasteiger partial charge on any atom is -0.464 e. The average Bonchev–Trinajstić information content (AvgIpc) is 3.11. The summed E-state index contributed by atoms with van der Waals surface area (Å²) in [5.41, 5.74) is 0.648. The second kappa shape index (κ2) is 12.4. The number of aliphatic imine (C=N–C) groups is 1. The molecule has 3 N–H and O–H groups in total. The van der Waals surface area contributed by atoms with Crippen molar-refractivity contribution in [1.29, 1.82) is 0 Å². The molecule has 1 aromatic carbocycles. The molecule has 0 radical (unpaired) electrons. The monoisotopic (exact) mass is 488 g/mol. The number of thioether (sulfide) groups is 1. The molecule has 0 aliphatic heterocycles. The number of nitrogens with zero attached hydrogens (tertiary/aromatic N) is 2. The molecule has 11 heteroatoms. The molecule has 1 atom stereocenters. The summed E-state index contributed by atoms with van der Waals surface area (Å²) in [5.74, 6) is 3.35. The summed E-state index contributed by atoms with van der Waals surface area (Å²) in [6.07, 6.45) is 0.177. The van der Waals surface area contributed by atoms with E-state index in [0.29, 0.717) is 22.9 Å². The van der Waals surface area contributed by atoms with Gasteiger partial charge in [0, 0.05) is 17.3 Å². The van der Waals surface area contributed by atoms with Crippen LogP contribution in [0.2, 0.25) is 5.02 Å². The van der Waals surface area contributed by atoms with Gasteiger partial charge in [0.2, 0.25) is 16.0 Å². The Morgan fingerprint density at radius 2 is 1.90 bits per heavy atom. The number of nitrogens with one attached hydrogen (secondary N) is 2.